The van der Waals surface area contributed by atoms with Crippen LogP contribution in [0.2, 0.25) is 0 Å². The van der Waals surface area contributed by atoms with E-state index in [9.17, 15) is 4.79 Å². The fraction of sp³-hybridized carbons (Fsp3) is 0.706. The molecule has 2 N–H and O–H groups in total. The van der Waals surface area contributed by atoms with E-state index in [0.29, 0.717) is 12.1 Å². The van der Waals surface area contributed by atoms with Gasteiger partial charge in [0.1, 0.15) is 5.60 Å². The molecule has 1 aliphatic carbocycles. The first-order valence-corrected chi connectivity index (χ1v) is 9.00. The van der Waals surface area contributed by atoms with Gasteiger partial charge in [0.05, 0.1) is 0 Å². The third-order valence-corrected chi connectivity index (χ3v) is 4.91. The highest BCUT2D eigenvalue weighted by Crippen LogP contribution is 2.24. The lowest BCUT2D eigenvalue weighted by Crippen LogP contribution is -2.46. The number of thiophene rings is 1. The van der Waals surface area contributed by atoms with Crippen molar-refractivity contribution in [3.8, 4) is 0 Å². The Labute approximate surface area is 137 Å². The molecule has 2 rings (SSSR count). The average molecular weight is 324 g/mol. The van der Waals surface area contributed by atoms with Gasteiger partial charge in [-0.15, -0.1) is 11.3 Å². The van der Waals surface area contributed by atoms with Crippen LogP contribution in [0.15, 0.2) is 17.5 Å². The Morgan fingerprint density at radius 3 is 2.73 bits per heavy atom. The average Bonchev–Trinajstić information content (AvgIpc) is 2.90. The summed E-state index contributed by atoms with van der Waals surface area (Å²) in [6.07, 6.45) is 4.00. The van der Waals surface area contributed by atoms with E-state index < -0.39 is 5.60 Å². The second-order valence-electron chi connectivity index (χ2n) is 7.11. The number of ether oxygens (including phenoxy) is 1. The summed E-state index contributed by atoms with van der Waals surface area (Å²) in [4.78, 5) is 13.3. The van der Waals surface area contributed by atoms with Crippen molar-refractivity contribution in [3.63, 3.8) is 0 Å². The fourth-order valence-corrected chi connectivity index (χ4v) is 3.66. The van der Waals surface area contributed by atoms with Gasteiger partial charge in [0.25, 0.3) is 0 Å². The normalized spacial score (nSPS) is 23.8. The van der Waals surface area contributed by atoms with E-state index in [2.05, 4.69) is 35.1 Å². The van der Waals surface area contributed by atoms with Crippen LogP contribution in [-0.2, 0) is 4.74 Å². The first-order valence-electron chi connectivity index (χ1n) is 8.12. The number of carbonyl (C=O) groups is 1. The van der Waals surface area contributed by atoms with Gasteiger partial charge in [-0.3, -0.25) is 0 Å². The van der Waals surface area contributed by atoms with Crippen molar-refractivity contribution in [1.29, 1.82) is 0 Å². The molecule has 0 aliphatic heterocycles. The molecule has 0 aromatic carbocycles. The van der Waals surface area contributed by atoms with Crippen molar-refractivity contribution >= 4 is 17.4 Å². The number of hydrogen-bond donors (Lipinski definition) is 2. The van der Waals surface area contributed by atoms with Gasteiger partial charge in [-0.25, -0.2) is 4.79 Å². The van der Waals surface area contributed by atoms with E-state index in [1.54, 1.807) is 11.3 Å². The summed E-state index contributed by atoms with van der Waals surface area (Å²) >= 11 is 1.79. The third kappa shape index (κ3) is 5.61. The lowest BCUT2D eigenvalue weighted by molar-refractivity contribution is 0.0488. The van der Waals surface area contributed by atoms with Crippen molar-refractivity contribution < 1.29 is 9.53 Å². The maximum Gasteiger partial charge on any atom is 0.407 e. The van der Waals surface area contributed by atoms with Crippen LogP contribution in [0.1, 0.15) is 64.3 Å². The Balaban J connectivity index is 1.80. The van der Waals surface area contributed by atoms with Gasteiger partial charge in [-0.1, -0.05) is 6.07 Å². The Morgan fingerprint density at radius 1 is 1.36 bits per heavy atom. The van der Waals surface area contributed by atoms with Crippen molar-refractivity contribution in [3.05, 3.63) is 22.4 Å². The third-order valence-electron chi connectivity index (χ3n) is 3.85. The molecule has 2 unspecified atom stereocenters. The highest BCUT2D eigenvalue weighted by atomic mass is 32.1. The Hall–Kier alpha value is -1.07. The molecule has 124 valence electrons. The largest absolute Gasteiger partial charge is 0.444 e. The second kappa shape index (κ2) is 7.47. The van der Waals surface area contributed by atoms with Crippen LogP contribution >= 0.6 is 11.3 Å². The summed E-state index contributed by atoms with van der Waals surface area (Å²) in [7, 11) is 0. The molecule has 0 saturated heterocycles. The summed E-state index contributed by atoms with van der Waals surface area (Å²) in [6.45, 7) is 7.87. The minimum Gasteiger partial charge on any atom is -0.444 e. The van der Waals surface area contributed by atoms with Gasteiger partial charge in [-0.05, 0) is 64.8 Å². The second-order valence-corrected chi connectivity index (χ2v) is 8.09. The van der Waals surface area contributed by atoms with Gasteiger partial charge in [0, 0.05) is 23.0 Å². The summed E-state index contributed by atoms with van der Waals surface area (Å²) in [5, 5.41) is 8.82. The standard InChI is InChI=1S/C17H28N2O2S/c1-12(15-9-6-10-22-15)18-13-7-5-8-14(11-13)19-16(20)21-17(2,3)4/h6,9-10,12-14,18H,5,7-8,11H2,1-4H3,(H,19,20)/t12-,13?,14?/m1/s1. The van der Waals surface area contributed by atoms with Gasteiger partial charge in [0.15, 0.2) is 0 Å². The van der Waals surface area contributed by atoms with Crippen molar-refractivity contribution in [2.75, 3.05) is 0 Å². The number of carbonyl (C=O) groups excluding carboxylic acids is 1. The number of alkyl carbamates (subject to hydrolysis) is 1. The molecule has 4 nitrogen and oxygen atoms in total. The number of amides is 1. The predicted molar refractivity (Wildman–Crippen MR) is 91.3 cm³/mol. The molecule has 0 radical (unpaired) electrons. The molecule has 1 fully saturated rings. The van der Waals surface area contributed by atoms with Gasteiger partial charge >= 0.3 is 6.09 Å². The molecule has 1 aromatic heterocycles. The molecule has 0 spiro atoms. The molecule has 3 atom stereocenters. The minimum atomic E-state index is -0.440. The van der Waals surface area contributed by atoms with Gasteiger partial charge in [0.2, 0.25) is 0 Å². The highest BCUT2D eigenvalue weighted by molar-refractivity contribution is 7.10. The summed E-state index contributed by atoms with van der Waals surface area (Å²) in [5.41, 5.74) is -0.440. The first kappa shape index (κ1) is 17.3. The van der Waals surface area contributed by atoms with Crippen LogP contribution in [0, 0.1) is 0 Å². The number of hydrogen-bond acceptors (Lipinski definition) is 4. The molecule has 1 saturated carbocycles. The van der Waals surface area contributed by atoms with E-state index in [4.69, 9.17) is 4.74 Å². The van der Waals surface area contributed by atoms with Crippen LogP contribution in [0.5, 0.6) is 0 Å². The van der Waals surface area contributed by atoms with Crippen LogP contribution < -0.4 is 10.6 Å². The van der Waals surface area contributed by atoms with Crippen LogP contribution in [0.4, 0.5) is 4.79 Å². The zero-order chi connectivity index (χ0) is 16.2. The summed E-state index contributed by atoms with van der Waals surface area (Å²) in [5.74, 6) is 0. The Bertz CT molecular complexity index is 468. The quantitative estimate of drug-likeness (QED) is 0.871. The molecule has 1 aromatic rings. The van der Waals surface area contributed by atoms with Crippen LogP contribution in [0.25, 0.3) is 0 Å². The summed E-state index contributed by atoms with van der Waals surface area (Å²) < 4.78 is 5.35. The molecular formula is C17H28N2O2S. The molecule has 1 heterocycles. The number of nitrogens with one attached hydrogen (secondary N) is 2. The van der Waals surface area contributed by atoms with E-state index in [1.165, 1.54) is 11.3 Å². The zero-order valence-electron chi connectivity index (χ0n) is 14.0. The van der Waals surface area contributed by atoms with E-state index in [0.717, 1.165) is 19.3 Å². The van der Waals surface area contributed by atoms with E-state index >= 15 is 0 Å². The molecule has 1 amide bonds. The Morgan fingerprint density at radius 2 is 2.09 bits per heavy atom. The monoisotopic (exact) mass is 324 g/mol. The lowest BCUT2D eigenvalue weighted by Gasteiger charge is -2.32. The van der Waals surface area contributed by atoms with Gasteiger partial charge < -0.3 is 15.4 Å². The van der Waals surface area contributed by atoms with E-state index in [1.807, 2.05) is 20.8 Å². The molecule has 0 bridgehead atoms. The topological polar surface area (TPSA) is 50.4 Å². The predicted octanol–water partition coefficient (Wildman–Crippen LogP) is 4.23. The minimum absolute atomic E-state index is 0.205. The maximum atomic E-state index is 11.9. The number of rotatable bonds is 4. The van der Waals surface area contributed by atoms with E-state index in [-0.39, 0.29) is 12.1 Å². The summed E-state index contributed by atoms with van der Waals surface area (Å²) in [6, 6.07) is 5.28. The van der Waals surface area contributed by atoms with Crippen LogP contribution in [-0.4, -0.2) is 23.8 Å². The molecule has 22 heavy (non-hydrogen) atoms. The highest BCUT2D eigenvalue weighted by Gasteiger charge is 2.26. The molecular weight excluding hydrogens is 296 g/mol. The molecule has 1 aliphatic rings. The smallest absolute Gasteiger partial charge is 0.407 e. The van der Waals surface area contributed by atoms with Crippen molar-refractivity contribution in [1.82, 2.24) is 10.6 Å². The first-order chi connectivity index (χ1) is 10.3. The lowest BCUT2D eigenvalue weighted by atomic mass is 9.90. The van der Waals surface area contributed by atoms with Crippen LogP contribution in [0.3, 0.4) is 0 Å². The zero-order valence-corrected chi connectivity index (χ0v) is 14.8. The molecule has 5 heteroatoms. The SMILES string of the molecule is C[C@@H](NC1CCCC(NC(=O)OC(C)(C)C)C1)c1cccs1. The van der Waals surface area contributed by atoms with Gasteiger partial charge in [-0.2, -0.15) is 0 Å². The maximum absolute atomic E-state index is 11.9. The van der Waals surface area contributed by atoms with Crippen molar-refractivity contribution in [2.45, 2.75) is 77.1 Å². The Kier molecular flexibility index (Phi) is 5.87. The van der Waals surface area contributed by atoms with Crippen molar-refractivity contribution in [2.24, 2.45) is 0 Å². The fourth-order valence-electron chi connectivity index (χ4n) is 2.92.